The third kappa shape index (κ3) is 2.31. The van der Waals surface area contributed by atoms with Crippen molar-refractivity contribution in [2.75, 3.05) is 0 Å². The zero-order chi connectivity index (χ0) is 11.7. The minimum atomic E-state index is 0.774. The highest BCUT2D eigenvalue weighted by Gasteiger charge is 2.06. The average molecular weight is 296 g/mol. The van der Waals surface area contributed by atoms with Gasteiger partial charge in [-0.2, -0.15) is 0 Å². The Morgan fingerprint density at radius 3 is 2.25 bits per heavy atom. The highest BCUT2D eigenvalue weighted by Crippen LogP contribution is 2.33. The molecule has 0 aliphatic carbocycles. The van der Waals surface area contributed by atoms with Gasteiger partial charge in [-0.05, 0) is 58.6 Å². The molecule has 2 aromatic rings. The van der Waals surface area contributed by atoms with Gasteiger partial charge in [-0.25, -0.2) is 0 Å². The quantitative estimate of drug-likeness (QED) is 0.662. The second-order valence-corrected chi connectivity index (χ2v) is 5.18. The molecule has 0 bridgehead atoms. The summed E-state index contributed by atoms with van der Waals surface area (Å²) in [6, 6.07) is 12.4. The maximum Gasteiger partial charge on any atom is 0.0415 e. The van der Waals surface area contributed by atoms with Crippen molar-refractivity contribution in [3.8, 4) is 11.1 Å². The maximum absolute atomic E-state index is 6.08. The van der Waals surface area contributed by atoms with E-state index in [0.29, 0.717) is 0 Å². The summed E-state index contributed by atoms with van der Waals surface area (Å²) in [7, 11) is 0. The van der Waals surface area contributed by atoms with E-state index in [4.69, 9.17) is 11.6 Å². The minimum absolute atomic E-state index is 0.774. The van der Waals surface area contributed by atoms with E-state index in [1.807, 2.05) is 19.1 Å². The van der Waals surface area contributed by atoms with E-state index in [2.05, 4.69) is 47.1 Å². The van der Waals surface area contributed by atoms with E-state index in [1.54, 1.807) is 0 Å². The van der Waals surface area contributed by atoms with Gasteiger partial charge in [0.15, 0.2) is 0 Å². The predicted molar refractivity (Wildman–Crippen MR) is 74.1 cm³/mol. The Hall–Kier alpha value is -0.790. The molecule has 0 amide bonds. The number of hydrogen-bond donors (Lipinski definition) is 0. The molecule has 0 fully saturated rings. The van der Waals surface area contributed by atoms with Crippen molar-refractivity contribution in [1.82, 2.24) is 0 Å². The lowest BCUT2D eigenvalue weighted by molar-refractivity contribution is 1.41. The molecule has 2 aromatic carbocycles. The number of halogens is 2. The van der Waals surface area contributed by atoms with E-state index in [-0.39, 0.29) is 0 Å². The summed E-state index contributed by atoms with van der Waals surface area (Å²) in [5, 5.41) is 0.774. The molecule has 0 aliphatic rings. The Morgan fingerprint density at radius 1 is 1.00 bits per heavy atom. The van der Waals surface area contributed by atoms with Crippen LogP contribution in [0.3, 0.4) is 0 Å². The maximum atomic E-state index is 6.08. The monoisotopic (exact) mass is 294 g/mol. The van der Waals surface area contributed by atoms with Gasteiger partial charge in [0.05, 0.1) is 0 Å². The fourth-order valence-corrected chi connectivity index (χ4v) is 2.40. The van der Waals surface area contributed by atoms with Crippen molar-refractivity contribution >= 4 is 27.5 Å². The van der Waals surface area contributed by atoms with Crippen molar-refractivity contribution < 1.29 is 0 Å². The molecular formula is C14H12BrCl. The van der Waals surface area contributed by atoms with Gasteiger partial charge in [-0.3, -0.25) is 0 Å². The zero-order valence-electron chi connectivity index (χ0n) is 9.22. The highest BCUT2D eigenvalue weighted by atomic mass is 79.9. The van der Waals surface area contributed by atoms with Crippen molar-refractivity contribution in [3.05, 3.63) is 57.0 Å². The van der Waals surface area contributed by atoms with Crippen LogP contribution in [-0.2, 0) is 0 Å². The smallest absolute Gasteiger partial charge is 0.0415 e. The van der Waals surface area contributed by atoms with Gasteiger partial charge in [-0.15, -0.1) is 0 Å². The van der Waals surface area contributed by atoms with Gasteiger partial charge >= 0.3 is 0 Å². The highest BCUT2D eigenvalue weighted by molar-refractivity contribution is 9.10. The molecule has 0 aromatic heterocycles. The number of hydrogen-bond acceptors (Lipinski definition) is 0. The first kappa shape index (κ1) is 11.7. The van der Waals surface area contributed by atoms with E-state index in [0.717, 1.165) is 20.6 Å². The normalized spacial score (nSPS) is 10.5. The molecule has 0 saturated carbocycles. The largest absolute Gasteiger partial charge is 0.0843 e. The van der Waals surface area contributed by atoms with Crippen LogP contribution in [0.15, 0.2) is 40.9 Å². The molecule has 0 saturated heterocycles. The van der Waals surface area contributed by atoms with Crippen LogP contribution in [0.4, 0.5) is 0 Å². The first-order valence-corrected chi connectivity index (χ1v) is 6.27. The molecule has 0 spiro atoms. The van der Waals surface area contributed by atoms with Gasteiger partial charge in [0.2, 0.25) is 0 Å². The second-order valence-electron chi connectivity index (χ2n) is 3.95. The van der Waals surface area contributed by atoms with Gasteiger partial charge in [-0.1, -0.05) is 41.4 Å². The van der Waals surface area contributed by atoms with Gasteiger partial charge in [0.1, 0.15) is 0 Å². The summed E-state index contributed by atoms with van der Waals surface area (Å²) in [5.74, 6) is 0. The Kier molecular flexibility index (Phi) is 3.36. The SMILES string of the molecule is Cc1ccc(-c2cc(Cl)cc(C)c2Br)cc1. The first-order chi connectivity index (χ1) is 7.58. The number of benzene rings is 2. The second kappa shape index (κ2) is 4.60. The van der Waals surface area contributed by atoms with Crippen LogP contribution in [0.25, 0.3) is 11.1 Å². The van der Waals surface area contributed by atoms with Crippen LogP contribution in [0, 0.1) is 13.8 Å². The molecular weight excluding hydrogens is 284 g/mol. The standard InChI is InChI=1S/C14H12BrCl/c1-9-3-5-11(6-4-9)13-8-12(16)7-10(2)14(13)15/h3-8H,1-2H3. The zero-order valence-corrected chi connectivity index (χ0v) is 11.6. The van der Waals surface area contributed by atoms with Crippen LogP contribution in [0.1, 0.15) is 11.1 Å². The van der Waals surface area contributed by atoms with Gasteiger partial charge in [0.25, 0.3) is 0 Å². The lowest BCUT2D eigenvalue weighted by Crippen LogP contribution is -1.84. The number of aryl methyl sites for hydroxylation is 2. The molecule has 2 rings (SSSR count). The Morgan fingerprint density at radius 2 is 1.62 bits per heavy atom. The molecule has 0 unspecified atom stereocenters. The molecule has 16 heavy (non-hydrogen) atoms. The minimum Gasteiger partial charge on any atom is -0.0843 e. The number of rotatable bonds is 1. The van der Waals surface area contributed by atoms with Crippen LogP contribution >= 0.6 is 27.5 Å². The summed E-state index contributed by atoms with van der Waals surface area (Å²) in [5.41, 5.74) is 4.75. The van der Waals surface area contributed by atoms with E-state index in [9.17, 15) is 0 Å². The third-order valence-corrected chi connectivity index (χ3v) is 3.85. The Bertz CT molecular complexity index is 515. The molecule has 0 nitrogen and oxygen atoms in total. The molecule has 0 radical (unpaired) electrons. The molecule has 0 heterocycles. The summed E-state index contributed by atoms with van der Waals surface area (Å²) in [4.78, 5) is 0. The molecule has 0 N–H and O–H groups in total. The van der Waals surface area contributed by atoms with Crippen molar-refractivity contribution in [1.29, 1.82) is 0 Å². The average Bonchev–Trinajstić information content (AvgIpc) is 2.25. The molecule has 0 aliphatic heterocycles. The van der Waals surface area contributed by atoms with E-state index in [1.165, 1.54) is 11.1 Å². The van der Waals surface area contributed by atoms with Gasteiger partial charge < -0.3 is 0 Å². The lowest BCUT2D eigenvalue weighted by Gasteiger charge is -2.08. The fraction of sp³-hybridized carbons (Fsp3) is 0.143. The molecule has 82 valence electrons. The topological polar surface area (TPSA) is 0 Å². The van der Waals surface area contributed by atoms with E-state index >= 15 is 0 Å². The summed E-state index contributed by atoms with van der Waals surface area (Å²) in [6.45, 7) is 4.13. The molecule has 2 heteroatoms. The van der Waals surface area contributed by atoms with Gasteiger partial charge in [0, 0.05) is 9.50 Å². The third-order valence-electron chi connectivity index (χ3n) is 2.58. The summed E-state index contributed by atoms with van der Waals surface area (Å²) in [6.07, 6.45) is 0. The fourth-order valence-electron chi connectivity index (χ4n) is 1.67. The predicted octanol–water partition coefficient (Wildman–Crippen LogP) is 5.39. The summed E-state index contributed by atoms with van der Waals surface area (Å²) >= 11 is 9.69. The van der Waals surface area contributed by atoms with Crippen molar-refractivity contribution in [2.45, 2.75) is 13.8 Å². The van der Waals surface area contributed by atoms with Crippen LogP contribution in [0.2, 0.25) is 5.02 Å². The van der Waals surface area contributed by atoms with Crippen molar-refractivity contribution in [3.63, 3.8) is 0 Å². The molecule has 0 atom stereocenters. The first-order valence-electron chi connectivity index (χ1n) is 5.10. The van der Waals surface area contributed by atoms with Crippen LogP contribution in [-0.4, -0.2) is 0 Å². The lowest BCUT2D eigenvalue weighted by atomic mass is 10.0. The Balaban J connectivity index is 2.59. The van der Waals surface area contributed by atoms with Crippen molar-refractivity contribution in [2.24, 2.45) is 0 Å². The van der Waals surface area contributed by atoms with Crippen LogP contribution < -0.4 is 0 Å². The Labute approximate surface area is 109 Å². The van der Waals surface area contributed by atoms with E-state index < -0.39 is 0 Å². The summed E-state index contributed by atoms with van der Waals surface area (Å²) < 4.78 is 1.11. The van der Waals surface area contributed by atoms with Crippen LogP contribution in [0.5, 0.6) is 0 Å².